The van der Waals surface area contributed by atoms with Crippen LogP contribution in [0.5, 0.6) is 0 Å². The van der Waals surface area contributed by atoms with Crippen LogP contribution in [0.15, 0.2) is 41.3 Å². The second-order valence-electron chi connectivity index (χ2n) is 6.56. The van der Waals surface area contributed by atoms with Crippen LogP contribution in [0.2, 0.25) is 0 Å². The maximum atomic E-state index is 14.1. The summed E-state index contributed by atoms with van der Waals surface area (Å²) in [5.41, 5.74) is 0.866. The summed E-state index contributed by atoms with van der Waals surface area (Å²) >= 11 is 2.72. The van der Waals surface area contributed by atoms with Gasteiger partial charge in [-0.15, -0.1) is 23.1 Å². The van der Waals surface area contributed by atoms with E-state index in [9.17, 15) is 18.4 Å². The minimum Gasteiger partial charge on any atom is -0.466 e. The number of benzene rings is 2. The van der Waals surface area contributed by atoms with Gasteiger partial charge in [0.25, 0.3) is 0 Å². The van der Waals surface area contributed by atoms with Crippen molar-refractivity contribution in [3.05, 3.63) is 53.0 Å². The number of rotatable bonds is 9. The molecule has 164 valence electrons. The van der Waals surface area contributed by atoms with Crippen LogP contribution < -0.4 is 4.90 Å². The van der Waals surface area contributed by atoms with E-state index in [0.717, 1.165) is 28.1 Å². The van der Waals surface area contributed by atoms with Gasteiger partial charge in [-0.25, -0.2) is 13.8 Å². The Hall–Kier alpha value is -2.52. The monoisotopic (exact) mass is 464 g/mol. The molecule has 0 saturated carbocycles. The highest BCUT2D eigenvalue weighted by Crippen LogP contribution is 2.30. The van der Waals surface area contributed by atoms with Crippen molar-refractivity contribution in [1.82, 2.24) is 4.98 Å². The summed E-state index contributed by atoms with van der Waals surface area (Å²) in [6, 6.07) is 9.49. The van der Waals surface area contributed by atoms with E-state index in [1.165, 1.54) is 11.0 Å². The molecule has 3 rings (SSSR count). The number of esters is 1. The number of fused-ring (bicyclic) bond motifs is 1. The smallest absolute Gasteiger partial charge is 0.306 e. The van der Waals surface area contributed by atoms with Crippen molar-refractivity contribution in [3.8, 4) is 0 Å². The highest BCUT2D eigenvalue weighted by atomic mass is 32.2. The lowest BCUT2D eigenvalue weighted by atomic mass is 10.2. The topological polar surface area (TPSA) is 59.5 Å². The standard InChI is InChI=1S/C22H22F2N2O3S2/c1-3-29-21(28)9-8-20(27)26(15-6-5-7-16(12-15)30-4-2)13-19-25-18-11-14(23)10-17(24)22(18)31-19/h5-7,10-12H,3-4,8-9,13H2,1-2H3. The molecule has 0 atom stereocenters. The van der Waals surface area contributed by atoms with E-state index in [1.807, 2.05) is 25.1 Å². The Balaban J connectivity index is 1.90. The summed E-state index contributed by atoms with van der Waals surface area (Å²) in [5, 5.41) is 0.470. The van der Waals surface area contributed by atoms with Crippen molar-refractivity contribution in [1.29, 1.82) is 0 Å². The number of thioether (sulfide) groups is 1. The van der Waals surface area contributed by atoms with Crippen molar-refractivity contribution in [2.24, 2.45) is 0 Å². The quantitative estimate of drug-likeness (QED) is 0.306. The summed E-state index contributed by atoms with van der Waals surface area (Å²) in [7, 11) is 0. The van der Waals surface area contributed by atoms with Gasteiger partial charge < -0.3 is 9.64 Å². The third-order valence-electron chi connectivity index (χ3n) is 4.34. The first-order chi connectivity index (χ1) is 14.9. The lowest BCUT2D eigenvalue weighted by Gasteiger charge is -2.22. The summed E-state index contributed by atoms with van der Waals surface area (Å²) in [6.45, 7) is 4.08. The van der Waals surface area contributed by atoms with Gasteiger partial charge in [-0.3, -0.25) is 9.59 Å². The van der Waals surface area contributed by atoms with Gasteiger partial charge in [0.1, 0.15) is 16.6 Å². The fourth-order valence-electron chi connectivity index (χ4n) is 3.02. The Bertz CT molecular complexity index is 1090. The van der Waals surface area contributed by atoms with E-state index in [2.05, 4.69) is 4.98 Å². The predicted octanol–water partition coefficient (Wildman–Crippen LogP) is 5.56. The van der Waals surface area contributed by atoms with Gasteiger partial charge in [0.15, 0.2) is 0 Å². The first-order valence-electron chi connectivity index (χ1n) is 9.84. The molecule has 0 radical (unpaired) electrons. The number of amides is 1. The highest BCUT2D eigenvalue weighted by molar-refractivity contribution is 7.99. The molecule has 31 heavy (non-hydrogen) atoms. The van der Waals surface area contributed by atoms with Crippen LogP contribution in [0.1, 0.15) is 31.7 Å². The Morgan fingerprint density at radius 1 is 1.16 bits per heavy atom. The summed E-state index contributed by atoms with van der Waals surface area (Å²) in [6.07, 6.45) is -0.0654. The molecule has 0 aliphatic carbocycles. The Morgan fingerprint density at radius 2 is 1.97 bits per heavy atom. The third-order valence-corrected chi connectivity index (χ3v) is 6.28. The number of hydrogen-bond acceptors (Lipinski definition) is 6. The molecule has 9 heteroatoms. The van der Waals surface area contributed by atoms with Crippen molar-refractivity contribution >= 4 is 50.9 Å². The van der Waals surface area contributed by atoms with Crippen LogP contribution in [-0.2, 0) is 20.9 Å². The number of anilines is 1. The van der Waals surface area contributed by atoms with Crippen molar-refractivity contribution < 1.29 is 23.1 Å². The predicted molar refractivity (Wildman–Crippen MR) is 119 cm³/mol. The van der Waals surface area contributed by atoms with E-state index in [0.29, 0.717) is 10.7 Å². The molecule has 1 heterocycles. The van der Waals surface area contributed by atoms with E-state index >= 15 is 0 Å². The molecular weight excluding hydrogens is 442 g/mol. The Kier molecular flexibility index (Phi) is 7.97. The van der Waals surface area contributed by atoms with Crippen LogP contribution >= 0.6 is 23.1 Å². The number of carbonyl (C=O) groups is 2. The number of carbonyl (C=O) groups excluding carboxylic acids is 2. The van der Waals surface area contributed by atoms with Crippen LogP contribution in [-0.4, -0.2) is 29.2 Å². The maximum absolute atomic E-state index is 14.1. The lowest BCUT2D eigenvalue weighted by molar-refractivity contribution is -0.144. The van der Waals surface area contributed by atoms with Gasteiger partial charge in [-0.1, -0.05) is 13.0 Å². The number of thiazole rings is 1. The second kappa shape index (κ2) is 10.7. The normalized spacial score (nSPS) is 11.0. The summed E-state index contributed by atoms with van der Waals surface area (Å²) in [5.74, 6) is -1.22. The molecular formula is C22H22F2N2O3S2. The molecule has 3 aromatic rings. The van der Waals surface area contributed by atoms with Gasteiger partial charge in [-0.05, 0) is 30.9 Å². The zero-order valence-electron chi connectivity index (χ0n) is 17.2. The molecule has 2 aromatic carbocycles. The van der Waals surface area contributed by atoms with E-state index in [1.54, 1.807) is 24.8 Å². The van der Waals surface area contributed by atoms with Gasteiger partial charge in [-0.2, -0.15) is 0 Å². The zero-order chi connectivity index (χ0) is 22.4. The van der Waals surface area contributed by atoms with Gasteiger partial charge in [0.05, 0.1) is 29.8 Å². The molecule has 0 fully saturated rings. The van der Waals surface area contributed by atoms with Gasteiger partial charge in [0, 0.05) is 29.1 Å². The number of nitrogens with zero attached hydrogens (tertiary/aromatic N) is 2. The number of halogens is 2. The molecule has 0 aliphatic heterocycles. The van der Waals surface area contributed by atoms with Gasteiger partial charge >= 0.3 is 5.97 Å². The lowest BCUT2D eigenvalue weighted by Crippen LogP contribution is -2.30. The Morgan fingerprint density at radius 3 is 2.71 bits per heavy atom. The zero-order valence-corrected chi connectivity index (χ0v) is 18.8. The van der Waals surface area contributed by atoms with Crippen LogP contribution in [0.25, 0.3) is 10.2 Å². The maximum Gasteiger partial charge on any atom is 0.306 e. The van der Waals surface area contributed by atoms with Crippen molar-refractivity contribution in [2.45, 2.75) is 38.1 Å². The molecule has 0 spiro atoms. The van der Waals surface area contributed by atoms with Crippen molar-refractivity contribution in [2.75, 3.05) is 17.3 Å². The highest BCUT2D eigenvalue weighted by Gasteiger charge is 2.21. The first-order valence-corrected chi connectivity index (χ1v) is 11.6. The molecule has 0 N–H and O–H groups in total. The fourth-order valence-corrected chi connectivity index (χ4v) is 4.67. The Labute approximate surface area is 187 Å². The molecule has 0 bridgehead atoms. The van der Waals surface area contributed by atoms with Crippen LogP contribution in [0.4, 0.5) is 14.5 Å². The third kappa shape index (κ3) is 6.01. The number of hydrogen-bond donors (Lipinski definition) is 0. The average Bonchev–Trinajstić information content (AvgIpc) is 3.14. The van der Waals surface area contributed by atoms with E-state index in [-0.39, 0.29) is 42.1 Å². The number of ether oxygens (including phenoxy) is 1. The number of aromatic nitrogens is 1. The van der Waals surface area contributed by atoms with E-state index < -0.39 is 17.6 Å². The molecule has 0 unspecified atom stereocenters. The fraction of sp³-hybridized carbons (Fsp3) is 0.318. The second-order valence-corrected chi connectivity index (χ2v) is 8.98. The minimum atomic E-state index is -0.700. The largest absolute Gasteiger partial charge is 0.466 e. The molecule has 0 aliphatic rings. The summed E-state index contributed by atoms with van der Waals surface area (Å²) < 4.78 is 32.8. The summed E-state index contributed by atoms with van der Waals surface area (Å²) in [4.78, 5) is 31.6. The SMILES string of the molecule is CCOC(=O)CCC(=O)N(Cc1nc2cc(F)cc(F)c2s1)c1cccc(SCC)c1. The van der Waals surface area contributed by atoms with Crippen LogP contribution in [0.3, 0.4) is 0 Å². The van der Waals surface area contributed by atoms with E-state index in [4.69, 9.17) is 4.74 Å². The molecule has 1 aromatic heterocycles. The van der Waals surface area contributed by atoms with Crippen molar-refractivity contribution in [3.63, 3.8) is 0 Å². The molecule has 1 amide bonds. The molecule has 5 nitrogen and oxygen atoms in total. The first kappa shape index (κ1) is 23.1. The van der Waals surface area contributed by atoms with Gasteiger partial charge in [0.2, 0.25) is 5.91 Å². The molecule has 0 saturated heterocycles. The van der Waals surface area contributed by atoms with Crippen LogP contribution in [0, 0.1) is 11.6 Å². The minimum absolute atomic E-state index is 0.0299. The average molecular weight is 465 g/mol.